The van der Waals surface area contributed by atoms with Crippen molar-refractivity contribution in [3.8, 4) is 0 Å². The fraction of sp³-hybridized carbons (Fsp3) is 0.214. The number of carbonyl (C=O) groups excluding carboxylic acids is 1. The van der Waals surface area contributed by atoms with Gasteiger partial charge in [0.05, 0.1) is 0 Å². The Balaban J connectivity index is 2.24. The van der Waals surface area contributed by atoms with Crippen molar-refractivity contribution in [1.29, 1.82) is 0 Å². The molecule has 1 atom stereocenters. The van der Waals surface area contributed by atoms with Crippen LogP contribution in [0.3, 0.4) is 0 Å². The quantitative estimate of drug-likeness (QED) is 0.570. The van der Waals surface area contributed by atoms with Crippen LogP contribution in [-0.4, -0.2) is 11.9 Å². The number of carbonyl (C=O) groups is 1. The van der Waals surface area contributed by atoms with Crippen LogP contribution in [0.4, 0.5) is 0 Å². The van der Waals surface area contributed by atoms with Crippen LogP contribution in [0.15, 0.2) is 54.3 Å². The van der Waals surface area contributed by atoms with Gasteiger partial charge in [-0.25, -0.2) is 0 Å². The number of allylic oxidation sites excluding steroid dienone is 1. The van der Waals surface area contributed by atoms with Crippen LogP contribution in [0.5, 0.6) is 0 Å². The Labute approximate surface area is 95.2 Å². The topological polar surface area (TPSA) is 26.3 Å². The molecule has 0 bridgehead atoms. The standard InChI is InChI=1S/C14H14O2/c1-3-12-9-13(10(2)16-12)14(15)11-7-5-4-6-8-11/h3-8,12H,1,9H2,2H3. The molecule has 0 N–H and O–H groups in total. The molecule has 0 fully saturated rings. The van der Waals surface area contributed by atoms with E-state index in [-0.39, 0.29) is 11.9 Å². The summed E-state index contributed by atoms with van der Waals surface area (Å²) in [7, 11) is 0. The molecule has 1 aromatic carbocycles. The van der Waals surface area contributed by atoms with Crippen molar-refractivity contribution in [3.63, 3.8) is 0 Å². The maximum atomic E-state index is 12.1. The summed E-state index contributed by atoms with van der Waals surface area (Å²) in [5.41, 5.74) is 1.47. The molecule has 1 aliphatic rings. The zero-order valence-electron chi connectivity index (χ0n) is 9.27. The van der Waals surface area contributed by atoms with E-state index in [1.807, 2.05) is 37.3 Å². The fourth-order valence-corrected chi connectivity index (χ4v) is 1.83. The Morgan fingerprint density at radius 2 is 2.12 bits per heavy atom. The minimum atomic E-state index is -0.0531. The summed E-state index contributed by atoms with van der Waals surface area (Å²) >= 11 is 0. The van der Waals surface area contributed by atoms with Crippen molar-refractivity contribution in [1.82, 2.24) is 0 Å². The third-order valence-electron chi connectivity index (χ3n) is 2.73. The summed E-state index contributed by atoms with van der Waals surface area (Å²) in [6, 6.07) is 9.28. The molecule has 16 heavy (non-hydrogen) atoms. The van der Waals surface area contributed by atoms with Gasteiger partial charge in [-0.1, -0.05) is 43.0 Å². The summed E-state index contributed by atoms with van der Waals surface area (Å²) in [5, 5.41) is 0. The molecule has 82 valence electrons. The van der Waals surface area contributed by atoms with Crippen LogP contribution in [0.25, 0.3) is 0 Å². The third-order valence-corrected chi connectivity index (χ3v) is 2.73. The van der Waals surface area contributed by atoms with E-state index in [9.17, 15) is 4.79 Å². The lowest BCUT2D eigenvalue weighted by atomic mass is 9.99. The van der Waals surface area contributed by atoms with Gasteiger partial charge in [-0.2, -0.15) is 0 Å². The first-order chi connectivity index (χ1) is 7.72. The molecule has 0 saturated heterocycles. The Hall–Kier alpha value is -1.83. The summed E-state index contributed by atoms with van der Waals surface area (Å²) in [6.45, 7) is 5.51. The van der Waals surface area contributed by atoms with Gasteiger partial charge in [0.25, 0.3) is 0 Å². The van der Waals surface area contributed by atoms with E-state index in [1.165, 1.54) is 0 Å². The molecule has 0 saturated carbocycles. The molecule has 0 radical (unpaired) electrons. The lowest BCUT2D eigenvalue weighted by Gasteiger charge is -2.03. The Kier molecular flexibility index (Phi) is 2.91. The summed E-state index contributed by atoms with van der Waals surface area (Å²) in [5.74, 6) is 0.779. The minimum absolute atomic E-state index is 0.0531. The van der Waals surface area contributed by atoms with Gasteiger partial charge in [0, 0.05) is 17.6 Å². The molecule has 1 aliphatic heterocycles. The lowest BCUT2D eigenvalue weighted by Crippen LogP contribution is -2.05. The van der Waals surface area contributed by atoms with Gasteiger partial charge >= 0.3 is 0 Å². The Bertz CT molecular complexity index is 443. The number of ether oxygens (including phenoxy) is 1. The average Bonchev–Trinajstić information content (AvgIpc) is 2.71. The highest BCUT2D eigenvalue weighted by Gasteiger charge is 2.26. The third kappa shape index (κ3) is 1.91. The summed E-state index contributed by atoms with van der Waals surface area (Å²) in [4.78, 5) is 12.1. The second-order valence-corrected chi connectivity index (χ2v) is 3.83. The van der Waals surface area contributed by atoms with E-state index >= 15 is 0 Å². The first-order valence-corrected chi connectivity index (χ1v) is 5.31. The van der Waals surface area contributed by atoms with Gasteiger partial charge in [-0.3, -0.25) is 4.79 Å². The molecule has 0 spiro atoms. The molecule has 0 aromatic heterocycles. The maximum absolute atomic E-state index is 12.1. The average molecular weight is 214 g/mol. The van der Waals surface area contributed by atoms with Crippen molar-refractivity contribution in [2.75, 3.05) is 0 Å². The lowest BCUT2D eigenvalue weighted by molar-refractivity contribution is 0.103. The van der Waals surface area contributed by atoms with Gasteiger partial charge in [0.2, 0.25) is 0 Å². The van der Waals surface area contributed by atoms with Crippen molar-refractivity contribution < 1.29 is 9.53 Å². The van der Waals surface area contributed by atoms with Gasteiger partial charge in [-0.15, -0.1) is 0 Å². The van der Waals surface area contributed by atoms with Crippen LogP contribution in [0.1, 0.15) is 23.7 Å². The van der Waals surface area contributed by atoms with Crippen LogP contribution in [0.2, 0.25) is 0 Å². The number of hydrogen-bond acceptors (Lipinski definition) is 2. The fourth-order valence-electron chi connectivity index (χ4n) is 1.83. The maximum Gasteiger partial charge on any atom is 0.192 e. The molecule has 1 unspecified atom stereocenters. The number of hydrogen-bond donors (Lipinski definition) is 0. The van der Waals surface area contributed by atoms with Crippen molar-refractivity contribution >= 4 is 5.78 Å². The highest BCUT2D eigenvalue weighted by Crippen LogP contribution is 2.27. The predicted octanol–water partition coefficient (Wildman–Crippen LogP) is 3.12. The van der Waals surface area contributed by atoms with Gasteiger partial charge in [0.1, 0.15) is 11.9 Å². The molecule has 1 aromatic rings. The zero-order valence-corrected chi connectivity index (χ0v) is 9.27. The molecule has 2 rings (SSSR count). The molecule has 1 heterocycles. The normalized spacial score (nSPS) is 19.4. The van der Waals surface area contributed by atoms with Gasteiger partial charge in [-0.05, 0) is 6.92 Å². The number of rotatable bonds is 3. The van der Waals surface area contributed by atoms with Gasteiger partial charge in [0.15, 0.2) is 5.78 Å². The molecule has 2 nitrogen and oxygen atoms in total. The predicted molar refractivity (Wildman–Crippen MR) is 63.2 cm³/mol. The molecule has 2 heteroatoms. The van der Waals surface area contributed by atoms with E-state index in [2.05, 4.69) is 6.58 Å². The highest BCUT2D eigenvalue weighted by atomic mass is 16.5. The van der Waals surface area contributed by atoms with Crippen molar-refractivity contribution in [2.45, 2.75) is 19.4 Å². The van der Waals surface area contributed by atoms with Crippen molar-refractivity contribution in [2.24, 2.45) is 0 Å². The van der Waals surface area contributed by atoms with E-state index < -0.39 is 0 Å². The Morgan fingerprint density at radius 1 is 1.44 bits per heavy atom. The molecular formula is C14H14O2. The SMILES string of the molecule is C=CC1CC(C(=O)c2ccccc2)=C(C)O1. The minimum Gasteiger partial charge on any atom is -0.490 e. The summed E-state index contributed by atoms with van der Waals surface area (Å²) in [6.07, 6.45) is 2.31. The number of benzene rings is 1. The Morgan fingerprint density at radius 3 is 2.69 bits per heavy atom. The molecule has 0 aliphatic carbocycles. The first kappa shape index (κ1) is 10.7. The smallest absolute Gasteiger partial charge is 0.192 e. The number of ketones is 1. The van der Waals surface area contributed by atoms with Crippen LogP contribution < -0.4 is 0 Å². The molecular weight excluding hydrogens is 200 g/mol. The van der Waals surface area contributed by atoms with Gasteiger partial charge < -0.3 is 4.74 Å². The molecule has 0 amide bonds. The van der Waals surface area contributed by atoms with Crippen LogP contribution >= 0.6 is 0 Å². The van der Waals surface area contributed by atoms with E-state index in [0.717, 1.165) is 11.3 Å². The van der Waals surface area contributed by atoms with E-state index in [0.29, 0.717) is 12.0 Å². The second-order valence-electron chi connectivity index (χ2n) is 3.83. The van der Waals surface area contributed by atoms with E-state index in [1.54, 1.807) is 6.08 Å². The second kappa shape index (κ2) is 4.35. The highest BCUT2D eigenvalue weighted by molar-refractivity contribution is 6.09. The first-order valence-electron chi connectivity index (χ1n) is 5.31. The largest absolute Gasteiger partial charge is 0.490 e. The van der Waals surface area contributed by atoms with E-state index in [4.69, 9.17) is 4.74 Å². The monoisotopic (exact) mass is 214 g/mol. The number of Topliss-reactive ketones (excluding diaryl/α,β-unsaturated/α-hetero) is 1. The van der Waals surface area contributed by atoms with Crippen molar-refractivity contribution in [3.05, 3.63) is 59.9 Å². The zero-order chi connectivity index (χ0) is 11.5. The van der Waals surface area contributed by atoms with Crippen LogP contribution in [0, 0.1) is 0 Å². The summed E-state index contributed by atoms with van der Waals surface area (Å²) < 4.78 is 5.51. The van der Waals surface area contributed by atoms with Crippen LogP contribution in [-0.2, 0) is 4.74 Å².